The third kappa shape index (κ3) is 3.86. The van der Waals surface area contributed by atoms with Gasteiger partial charge in [-0.25, -0.2) is 26.3 Å². The van der Waals surface area contributed by atoms with Crippen LogP contribution in [0.25, 0.3) is 0 Å². The third-order valence-corrected chi connectivity index (χ3v) is 5.82. The minimum Gasteiger partial charge on any atom is -0.345 e. The fourth-order valence-corrected chi connectivity index (χ4v) is 4.58. The van der Waals surface area contributed by atoms with Crippen molar-refractivity contribution in [2.24, 2.45) is 7.05 Å². The molecule has 1 atom stereocenters. The Morgan fingerprint density at radius 2 is 1.85 bits per heavy atom. The summed E-state index contributed by atoms with van der Waals surface area (Å²) in [6.45, 7) is 1.72. The molecule has 1 aliphatic heterocycles. The molecule has 0 aliphatic carbocycles. The number of nitrogens with one attached hydrogen (secondary N) is 2. The molecule has 27 heavy (non-hydrogen) atoms. The van der Waals surface area contributed by atoms with Crippen LogP contribution in [0.3, 0.4) is 0 Å². The lowest BCUT2D eigenvalue weighted by atomic mass is 10.1. The highest BCUT2D eigenvalue weighted by molar-refractivity contribution is 7.89. The number of anilines is 1. The molecule has 0 bridgehead atoms. The fourth-order valence-electron chi connectivity index (χ4n) is 2.98. The van der Waals surface area contributed by atoms with Crippen molar-refractivity contribution in [1.29, 1.82) is 0 Å². The average molecular weight is 403 g/mol. The number of benzene rings is 1. The van der Waals surface area contributed by atoms with Gasteiger partial charge < -0.3 is 9.88 Å². The van der Waals surface area contributed by atoms with E-state index in [4.69, 9.17) is 0 Å². The van der Waals surface area contributed by atoms with Crippen molar-refractivity contribution in [3.8, 4) is 0 Å². The summed E-state index contributed by atoms with van der Waals surface area (Å²) in [5, 5.41) is 2.28. The Morgan fingerprint density at radius 1 is 1.26 bits per heavy atom. The van der Waals surface area contributed by atoms with E-state index >= 15 is 0 Å². The molecule has 0 saturated carbocycles. The minimum atomic E-state index is -3.78. The van der Waals surface area contributed by atoms with Crippen LogP contribution >= 0.6 is 0 Å². The first-order valence-electron chi connectivity index (χ1n) is 7.76. The molecule has 3 rings (SSSR count). The number of amides is 1. The number of fused-ring (bicyclic) bond motifs is 1. The first-order valence-corrected chi connectivity index (χ1v) is 9.25. The molecule has 2 aromatic rings. The van der Waals surface area contributed by atoms with Crippen LogP contribution in [0.2, 0.25) is 0 Å². The summed E-state index contributed by atoms with van der Waals surface area (Å²) in [6.07, 6.45) is 2.13. The van der Waals surface area contributed by atoms with E-state index in [9.17, 15) is 26.4 Å². The highest BCUT2D eigenvalue weighted by atomic mass is 32.2. The lowest BCUT2D eigenvalue weighted by Crippen LogP contribution is -2.30. The molecule has 0 fully saturated rings. The molecule has 2 heterocycles. The van der Waals surface area contributed by atoms with Crippen LogP contribution in [0.1, 0.15) is 36.8 Å². The molecular formula is C17H20F3N3O3S. The van der Waals surface area contributed by atoms with Crippen molar-refractivity contribution < 1.29 is 26.4 Å². The van der Waals surface area contributed by atoms with Gasteiger partial charge in [0.25, 0.3) is 5.91 Å². The minimum absolute atomic E-state index is 0. The molecule has 1 aromatic heterocycles. The summed E-state index contributed by atoms with van der Waals surface area (Å²) < 4.78 is 68.3. The topological polar surface area (TPSA) is 80.2 Å². The van der Waals surface area contributed by atoms with E-state index in [-0.39, 0.29) is 29.7 Å². The second kappa shape index (κ2) is 7.35. The molecule has 6 nitrogen and oxygen atoms in total. The summed E-state index contributed by atoms with van der Waals surface area (Å²) in [4.78, 5) is 12.6. The Labute approximate surface area is 155 Å². The molecule has 1 amide bonds. The Morgan fingerprint density at radius 3 is 2.44 bits per heavy atom. The van der Waals surface area contributed by atoms with E-state index in [1.165, 1.54) is 17.8 Å². The van der Waals surface area contributed by atoms with Gasteiger partial charge in [0.05, 0.1) is 0 Å². The quantitative estimate of drug-likeness (QED) is 0.757. The Bertz CT molecular complexity index is 979. The molecule has 148 valence electrons. The second-order valence-corrected chi connectivity index (χ2v) is 7.88. The number of halogens is 3. The van der Waals surface area contributed by atoms with Crippen LogP contribution in [-0.2, 0) is 23.5 Å². The van der Waals surface area contributed by atoms with Gasteiger partial charge in [0.2, 0.25) is 10.0 Å². The highest BCUT2D eigenvalue weighted by Crippen LogP contribution is 2.28. The molecule has 0 unspecified atom stereocenters. The van der Waals surface area contributed by atoms with Gasteiger partial charge in [-0.2, -0.15) is 0 Å². The van der Waals surface area contributed by atoms with Crippen molar-refractivity contribution in [2.45, 2.75) is 38.1 Å². The van der Waals surface area contributed by atoms with Gasteiger partial charge in [0.15, 0.2) is 17.5 Å². The lowest BCUT2D eigenvalue weighted by Gasteiger charge is -2.10. The van der Waals surface area contributed by atoms with Crippen LogP contribution in [0.4, 0.5) is 18.9 Å². The van der Waals surface area contributed by atoms with E-state index in [0.717, 1.165) is 0 Å². The molecule has 0 spiro atoms. The van der Waals surface area contributed by atoms with Crippen LogP contribution in [0.15, 0.2) is 23.2 Å². The molecular weight excluding hydrogens is 383 g/mol. The number of hydrogen-bond acceptors (Lipinski definition) is 3. The summed E-state index contributed by atoms with van der Waals surface area (Å²) in [7, 11) is -2.28. The maximum Gasteiger partial charge on any atom is 0.272 e. The molecule has 2 N–H and O–H groups in total. The number of carbonyl (C=O) groups excluding carboxylic acids is 1. The zero-order chi connectivity index (χ0) is 19.2. The highest BCUT2D eigenvalue weighted by Gasteiger charge is 2.31. The van der Waals surface area contributed by atoms with E-state index < -0.39 is 33.4 Å². The van der Waals surface area contributed by atoms with Gasteiger partial charge in [-0.3, -0.25) is 4.79 Å². The SMILES string of the molecule is C.C[C@H]1CCc2c(cn(C)c2C(=O)Nc2cc(F)c(F)c(F)c2)S(=O)(=O)N1. The van der Waals surface area contributed by atoms with Crippen LogP contribution in [0.5, 0.6) is 0 Å². The molecule has 0 radical (unpaired) electrons. The normalized spacial score (nSPS) is 18.2. The number of carbonyl (C=O) groups is 1. The van der Waals surface area contributed by atoms with Crippen molar-refractivity contribution in [3.05, 3.63) is 47.0 Å². The van der Waals surface area contributed by atoms with E-state index in [0.29, 0.717) is 30.5 Å². The summed E-state index contributed by atoms with van der Waals surface area (Å²) >= 11 is 0. The first kappa shape index (κ1) is 21.0. The largest absolute Gasteiger partial charge is 0.345 e. The number of nitrogens with zero attached hydrogens (tertiary/aromatic N) is 1. The van der Waals surface area contributed by atoms with Crippen molar-refractivity contribution in [1.82, 2.24) is 9.29 Å². The van der Waals surface area contributed by atoms with Crippen LogP contribution < -0.4 is 10.0 Å². The number of aromatic nitrogens is 1. The van der Waals surface area contributed by atoms with Gasteiger partial charge in [0.1, 0.15) is 10.6 Å². The maximum atomic E-state index is 13.3. The van der Waals surface area contributed by atoms with Crippen LogP contribution in [0, 0.1) is 17.5 Å². The Balaban J connectivity index is 0.00000261. The number of hydrogen-bond donors (Lipinski definition) is 2. The molecule has 1 aliphatic rings. The molecule has 10 heteroatoms. The monoisotopic (exact) mass is 403 g/mol. The molecule has 0 saturated heterocycles. The number of rotatable bonds is 2. The first-order chi connectivity index (χ1) is 12.1. The smallest absolute Gasteiger partial charge is 0.272 e. The maximum absolute atomic E-state index is 13.3. The van der Waals surface area contributed by atoms with Gasteiger partial charge in [-0.05, 0) is 19.8 Å². The van der Waals surface area contributed by atoms with Gasteiger partial charge in [-0.1, -0.05) is 7.43 Å². The summed E-state index contributed by atoms with van der Waals surface area (Å²) in [5.41, 5.74) is 0.110. The summed E-state index contributed by atoms with van der Waals surface area (Å²) in [6, 6.07) is 1.00. The number of aryl methyl sites for hydroxylation is 1. The molecule has 1 aromatic carbocycles. The predicted octanol–water partition coefficient (Wildman–Crippen LogP) is 2.94. The fraction of sp³-hybridized carbons (Fsp3) is 0.353. The predicted molar refractivity (Wildman–Crippen MR) is 94.5 cm³/mol. The lowest BCUT2D eigenvalue weighted by molar-refractivity contribution is 0.101. The number of sulfonamides is 1. The Hall–Kier alpha value is -2.33. The van der Waals surface area contributed by atoms with E-state index in [1.54, 1.807) is 6.92 Å². The van der Waals surface area contributed by atoms with Gasteiger partial charge >= 0.3 is 0 Å². The summed E-state index contributed by atoms with van der Waals surface area (Å²) in [5.74, 6) is -5.26. The van der Waals surface area contributed by atoms with E-state index in [1.807, 2.05) is 0 Å². The zero-order valence-electron chi connectivity index (χ0n) is 13.9. The van der Waals surface area contributed by atoms with Crippen molar-refractivity contribution in [3.63, 3.8) is 0 Å². The third-order valence-electron chi connectivity index (χ3n) is 4.18. The zero-order valence-corrected chi connectivity index (χ0v) is 14.8. The van der Waals surface area contributed by atoms with E-state index in [2.05, 4.69) is 10.0 Å². The standard InChI is InChI=1S/C16H16F3N3O3S.CH4/c1-8-3-4-10-13(26(24,25)21-8)7-22(2)15(10)16(23)20-9-5-11(17)14(19)12(18)6-9;/h5-8,21H,3-4H2,1-2H3,(H,20,23);1H4/t8-;/m0./s1. The van der Waals surface area contributed by atoms with Gasteiger partial charge in [-0.15, -0.1) is 0 Å². The average Bonchev–Trinajstić information content (AvgIpc) is 2.82. The van der Waals surface area contributed by atoms with Crippen molar-refractivity contribution >= 4 is 21.6 Å². The second-order valence-electron chi connectivity index (χ2n) is 6.20. The van der Waals surface area contributed by atoms with Crippen LogP contribution in [-0.4, -0.2) is 24.9 Å². The van der Waals surface area contributed by atoms with Crippen molar-refractivity contribution in [2.75, 3.05) is 5.32 Å². The Kier molecular flexibility index (Phi) is 5.71. The van der Waals surface area contributed by atoms with Gasteiger partial charge in [0, 0.05) is 42.7 Å².